The van der Waals surface area contributed by atoms with Crippen molar-refractivity contribution in [2.24, 2.45) is 0 Å². The Balaban J connectivity index is 2.22. The van der Waals surface area contributed by atoms with E-state index in [1.807, 2.05) is 0 Å². The number of hydrogen-bond donors (Lipinski definition) is 0. The number of nitro benzene ring substituents is 1. The van der Waals surface area contributed by atoms with Crippen LogP contribution in [0.4, 0.5) is 18.9 Å². The zero-order valence-corrected chi connectivity index (χ0v) is 10.8. The molecule has 2 aromatic carbocycles. The van der Waals surface area contributed by atoms with Crippen molar-refractivity contribution >= 4 is 11.7 Å². The van der Waals surface area contributed by atoms with Crippen LogP contribution in [0.2, 0.25) is 0 Å². The molecule has 0 fully saturated rings. The van der Waals surface area contributed by atoms with Gasteiger partial charge < -0.3 is 4.74 Å². The first-order valence-corrected chi connectivity index (χ1v) is 5.91. The lowest BCUT2D eigenvalue weighted by atomic mass is 10.2. The molecule has 0 unspecified atom stereocenters. The summed E-state index contributed by atoms with van der Waals surface area (Å²) in [5, 5.41) is 10.6. The molecule has 0 aromatic heterocycles. The number of nitro groups is 1. The average molecular weight is 311 g/mol. The molecule has 0 radical (unpaired) electrons. The zero-order valence-electron chi connectivity index (χ0n) is 10.8. The van der Waals surface area contributed by atoms with Gasteiger partial charge in [0.2, 0.25) is 0 Å². The van der Waals surface area contributed by atoms with Crippen LogP contribution in [0.5, 0.6) is 5.75 Å². The summed E-state index contributed by atoms with van der Waals surface area (Å²) in [4.78, 5) is 21.7. The Morgan fingerprint density at radius 1 is 1.09 bits per heavy atom. The van der Waals surface area contributed by atoms with Gasteiger partial charge in [-0.1, -0.05) is 12.1 Å². The van der Waals surface area contributed by atoms with Gasteiger partial charge in [-0.2, -0.15) is 13.2 Å². The van der Waals surface area contributed by atoms with Crippen LogP contribution in [0, 0.1) is 10.1 Å². The fourth-order valence-electron chi connectivity index (χ4n) is 1.65. The predicted molar refractivity (Wildman–Crippen MR) is 69.5 cm³/mol. The lowest BCUT2D eigenvalue weighted by Gasteiger charge is -2.09. The first-order chi connectivity index (χ1) is 10.3. The fourth-order valence-corrected chi connectivity index (χ4v) is 1.65. The van der Waals surface area contributed by atoms with Gasteiger partial charge in [0.05, 0.1) is 16.1 Å². The third kappa shape index (κ3) is 3.60. The largest absolute Gasteiger partial charge is 0.423 e. The van der Waals surface area contributed by atoms with Crippen molar-refractivity contribution in [1.82, 2.24) is 0 Å². The minimum atomic E-state index is -4.56. The van der Waals surface area contributed by atoms with Gasteiger partial charge in [0.15, 0.2) is 0 Å². The van der Waals surface area contributed by atoms with Crippen molar-refractivity contribution in [3.8, 4) is 5.75 Å². The lowest BCUT2D eigenvalue weighted by Crippen LogP contribution is -2.10. The topological polar surface area (TPSA) is 69.4 Å². The fraction of sp³-hybridized carbons (Fsp3) is 0.0714. The van der Waals surface area contributed by atoms with Crippen molar-refractivity contribution in [1.29, 1.82) is 0 Å². The number of rotatable bonds is 3. The third-order valence-electron chi connectivity index (χ3n) is 2.66. The Bertz CT molecular complexity index is 728. The summed E-state index contributed by atoms with van der Waals surface area (Å²) in [6.07, 6.45) is -4.56. The van der Waals surface area contributed by atoms with Crippen LogP contribution in [0.1, 0.15) is 15.9 Å². The molecule has 0 saturated heterocycles. The highest BCUT2D eigenvalue weighted by atomic mass is 19.4. The second kappa shape index (κ2) is 5.84. The smallest absolute Gasteiger partial charge is 0.416 e. The molecule has 22 heavy (non-hydrogen) atoms. The molecule has 0 aliphatic carbocycles. The summed E-state index contributed by atoms with van der Waals surface area (Å²) in [6.45, 7) is 0. The highest BCUT2D eigenvalue weighted by Gasteiger charge is 2.30. The van der Waals surface area contributed by atoms with Crippen LogP contribution < -0.4 is 4.74 Å². The first kappa shape index (κ1) is 15.5. The first-order valence-electron chi connectivity index (χ1n) is 5.91. The van der Waals surface area contributed by atoms with Crippen LogP contribution in [0.15, 0.2) is 48.5 Å². The predicted octanol–water partition coefficient (Wildman–Crippen LogP) is 3.83. The maximum absolute atomic E-state index is 12.6. The Labute approximate surface area is 122 Å². The Morgan fingerprint density at radius 2 is 1.77 bits per heavy atom. The molecule has 0 aliphatic rings. The third-order valence-corrected chi connectivity index (χ3v) is 2.66. The summed E-state index contributed by atoms with van der Waals surface area (Å²) in [5.41, 5.74) is -1.41. The van der Waals surface area contributed by atoms with E-state index >= 15 is 0 Å². The second-order valence-electron chi connectivity index (χ2n) is 4.22. The Kier molecular flexibility index (Phi) is 4.11. The Hall–Kier alpha value is -2.90. The monoisotopic (exact) mass is 311 g/mol. The van der Waals surface area contributed by atoms with Crippen molar-refractivity contribution in [2.75, 3.05) is 0 Å². The van der Waals surface area contributed by atoms with Crippen molar-refractivity contribution < 1.29 is 27.6 Å². The van der Waals surface area contributed by atoms with Crippen LogP contribution in [0.3, 0.4) is 0 Å². The number of non-ortho nitro benzene ring substituents is 1. The number of hydrogen-bond acceptors (Lipinski definition) is 4. The van der Waals surface area contributed by atoms with Gasteiger partial charge in [-0.25, -0.2) is 4.79 Å². The maximum atomic E-state index is 12.6. The molecule has 2 aromatic rings. The normalized spacial score (nSPS) is 11.0. The van der Waals surface area contributed by atoms with E-state index in [2.05, 4.69) is 0 Å². The molecule has 5 nitrogen and oxygen atoms in total. The van der Waals surface area contributed by atoms with Gasteiger partial charge in [0.1, 0.15) is 5.75 Å². The standard InChI is InChI=1S/C14H8F3NO4/c15-14(16,17)10-4-2-6-12(8-10)22-13(19)9-3-1-5-11(7-9)18(20)21/h1-8H. The van der Waals surface area contributed by atoms with E-state index in [-0.39, 0.29) is 17.0 Å². The molecular formula is C14H8F3NO4. The van der Waals surface area contributed by atoms with Crippen molar-refractivity contribution in [3.05, 3.63) is 69.8 Å². The van der Waals surface area contributed by atoms with E-state index in [1.165, 1.54) is 24.3 Å². The lowest BCUT2D eigenvalue weighted by molar-refractivity contribution is -0.384. The highest BCUT2D eigenvalue weighted by molar-refractivity contribution is 5.91. The van der Waals surface area contributed by atoms with E-state index in [0.29, 0.717) is 6.07 Å². The summed E-state index contributed by atoms with van der Waals surface area (Å²) in [7, 11) is 0. The minimum Gasteiger partial charge on any atom is -0.423 e. The van der Waals surface area contributed by atoms with E-state index in [4.69, 9.17) is 4.74 Å². The molecule has 0 saturated carbocycles. The molecule has 0 spiro atoms. The summed E-state index contributed by atoms with van der Waals surface area (Å²) >= 11 is 0. The molecule has 0 heterocycles. The average Bonchev–Trinajstić information content (AvgIpc) is 2.46. The number of benzene rings is 2. The minimum absolute atomic E-state index is 0.133. The molecule has 0 bridgehead atoms. The van der Waals surface area contributed by atoms with Gasteiger partial charge in [-0.15, -0.1) is 0 Å². The van der Waals surface area contributed by atoms with E-state index in [1.54, 1.807) is 0 Å². The molecule has 0 atom stereocenters. The van der Waals surface area contributed by atoms with E-state index in [9.17, 15) is 28.1 Å². The number of halogens is 3. The van der Waals surface area contributed by atoms with Crippen molar-refractivity contribution in [3.63, 3.8) is 0 Å². The number of esters is 1. The quantitative estimate of drug-likeness (QED) is 0.374. The molecule has 8 heteroatoms. The second-order valence-corrected chi connectivity index (χ2v) is 4.22. The maximum Gasteiger partial charge on any atom is 0.416 e. The number of ether oxygens (including phenoxy) is 1. The van der Waals surface area contributed by atoms with Gasteiger partial charge in [0.25, 0.3) is 5.69 Å². The molecule has 114 valence electrons. The number of carbonyl (C=O) groups is 1. The summed E-state index contributed by atoms with van der Waals surface area (Å²) < 4.78 is 42.5. The van der Waals surface area contributed by atoms with Crippen LogP contribution in [-0.4, -0.2) is 10.9 Å². The van der Waals surface area contributed by atoms with Gasteiger partial charge in [0, 0.05) is 12.1 Å². The number of carbonyl (C=O) groups excluding carboxylic acids is 1. The molecular weight excluding hydrogens is 303 g/mol. The van der Waals surface area contributed by atoms with E-state index < -0.39 is 22.6 Å². The van der Waals surface area contributed by atoms with Crippen LogP contribution in [-0.2, 0) is 6.18 Å². The van der Waals surface area contributed by atoms with Crippen LogP contribution >= 0.6 is 0 Å². The SMILES string of the molecule is O=C(Oc1cccc(C(F)(F)F)c1)c1cccc([N+](=O)[O-])c1. The highest BCUT2D eigenvalue weighted by Crippen LogP contribution is 2.31. The number of nitrogens with zero attached hydrogens (tertiary/aromatic N) is 1. The van der Waals surface area contributed by atoms with Crippen molar-refractivity contribution in [2.45, 2.75) is 6.18 Å². The molecule has 2 rings (SSSR count). The van der Waals surface area contributed by atoms with Gasteiger partial charge in [-0.05, 0) is 24.3 Å². The molecule has 0 aliphatic heterocycles. The zero-order chi connectivity index (χ0) is 16.3. The van der Waals surface area contributed by atoms with Gasteiger partial charge in [-0.3, -0.25) is 10.1 Å². The number of alkyl halides is 3. The molecule has 0 N–H and O–H groups in total. The summed E-state index contributed by atoms with van der Waals surface area (Å²) in [6, 6.07) is 8.50. The Morgan fingerprint density at radius 3 is 2.41 bits per heavy atom. The summed E-state index contributed by atoms with van der Waals surface area (Å²) in [5.74, 6) is -1.28. The van der Waals surface area contributed by atoms with Gasteiger partial charge >= 0.3 is 12.1 Å². The van der Waals surface area contributed by atoms with Crippen LogP contribution in [0.25, 0.3) is 0 Å². The van der Waals surface area contributed by atoms with E-state index in [0.717, 1.165) is 18.2 Å². The molecule has 0 amide bonds.